The van der Waals surface area contributed by atoms with E-state index < -0.39 is 17.9 Å². The van der Waals surface area contributed by atoms with Gasteiger partial charge < -0.3 is 23.7 Å². The maximum atomic E-state index is 13.0. The number of benzene rings is 4. The van der Waals surface area contributed by atoms with Gasteiger partial charge in [-0.15, -0.1) is 0 Å². The molecule has 0 bridgehead atoms. The minimum Gasteiger partial charge on any atom is -0.494 e. The summed E-state index contributed by atoms with van der Waals surface area (Å²) in [5.74, 6) is -0.884. The van der Waals surface area contributed by atoms with Gasteiger partial charge in [0.05, 0.1) is 24.0 Å². The molecule has 0 unspecified atom stereocenters. The summed E-state index contributed by atoms with van der Waals surface area (Å²) in [4.78, 5) is 58.9. The van der Waals surface area contributed by atoms with E-state index >= 15 is 0 Å². The lowest BCUT2D eigenvalue weighted by molar-refractivity contribution is -0.141. The average Bonchev–Trinajstić information content (AvgIpc) is 3.08. The summed E-state index contributed by atoms with van der Waals surface area (Å²) in [5, 5.41) is 1.40. The Morgan fingerprint density at radius 2 is 1.32 bits per heavy atom. The molecule has 242 valence electrons. The second-order valence-electron chi connectivity index (χ2n) is 10.4. The van der Waals surface area contributed by atoms with Crippen molar-refractivity contribution in [2.75, 3.05) is 6.61 Å². The second-order valence-corrected chi connectivity index (χ2v) is 10.4. The number of aryl methyl sites for hydroxylation is 1. The van der Waals surface area contributed by atoms with Crippen LogP contribution >= 0.6 is 0 Å². The Morgan fingerprint density at radius 1 is 0.681 bits per heavy atom. The highest BCUT2D eigenvalue weighted by molar-refractivity contribution is 6.21. The van der Waals surface area contributed by atoms with Crippen LogP contribution in [0.5, 0.6) is 23.0 Å². The first kappa shape index (κ1) is 34.1. The number of aldehydes is 1. The van der Waals surface area contributed by atoms with Crippen LogP contribution in [0.15, 0.2) is 91.7 Å². The van der Waals surface area contributed by atoms with Crippen LogP contribution in [0.25, 0.3) is 10.8 Å². The van der Waals surface area contributed by atoms with Crippen LogP contribution in [-0.2, 0) is 25.5 Å². The molecule has 47 heavy (non-hydrogen) atoms. The third kappa shape index (κ3) is 10.1. The van der Waals surface area contributed by atoms with Crippen LogP contribution in [0.2, 0.25) is 0 Å². The zero-order chi connectivity index (χ0) is 33.6. The zero-order valence-electron chi connectivity index (χ0n) is 25.9. The molecule has 0 saturated carbocycles. The Hall–Kier alpha value is -5.77. The molecule has 0 aliphatic carbocycles. The smallest absolute Gasteiger partial charge is 0.376 e. The highest BCUT2D eigenvalue weighted by Gasteiger charge is 2.16. The summed E-state index contributed by atoms with van der Waals surface area (Å²) >= 11 is 0. The van der Waals surface area contributed by atoms with Crippen molar-refractivity contribution in [3.63, 3.8) is 0 Å². The van der Waals surface area contributed by atoms with Crippen molar-refractivity contribution in [3.05, 3.63) is 108 Å². The normalized spacial score (nSPS) is 10.5. The first-order valence-corrected chi connectivity index (χ1v) is 15.1. The van der Waals surface area contributed by atoms with E-state index in [1.54, 1.807) is 66.7 Å². The molecule has 0 amide bonds. The topological polar surface area (TPSA) is 132 Å². The highest BCUT2D eigenvalue weighted by atomic mass is 16.5. The van der Waals surface area contributed by atoms with Crippen LogP contribution in [0, 0.1) is 0 Å². The van der Waals surface area contributed by atoms with Gasteiger partial charge in [0, 0.05) is 6.42 Å². The molecule has 0 N–H and O–H groups in total. The number of unbranched alkanes of at least 4 members (excludes halogenated alkanes) is 3. The molecule has 10 nitrogen and oxygen atoms in total. The number of hydrogen-bond acceptors (Lipinski definition) is 10. The molecule has 4 aromatic carbocycles. The van der Waals surface area contributed by atoms with Gasteiger partial charge in [-0.05, 0) is 102 Å². The van der Waals surface area contributed by atoms with E-state index in [1.165, 1.54) is 12.1 Å². The van der Waals surface area contributed by atoms with Gasteiger partial charge in [0.1, 0.15) is 23.0 Å². The molecule has 4 aromatic rings. The molecule has 4 rings (SSSR count). The van der Waals surface area contributed by atoms with Gasteiger partial charge in [0.2, 0.25) is 6.29 Å². The highest BCUT2D eigenvalue weighted by Crippen LogP contribution is 2.26. The Kier molecular flexibility index (Phi) is 12.4. The summed E-state index contributed by atoms with van der Waals surface area (Å²) in [5.41, 5.74) is 1.25. The molecular weight excluding hydrogens is 604 g/mol. The molecular formula is C37H34O10. The van der Waals surface area contributed by atoms with Crippen molar-refractivity contribution < 1.29 is 47.7 Å². The van der Waals surface area contributed by atoms with Gasteiger partial charge in [-0.2, -0.15) is 0 Å². The second kappa shape index (κ2) is 17.1. The van der Waals surface area contributed by atoms with Gasteiger partial charge in [-0.25, -0.2) is 14.4 Å². The Labute approximate surface area is 271 Å². The van der Waals surface area contributed by atoms with E-state index in [4.69, 9.17) is 18.9 Å². The molecule has 0 heterocycles. The van der Waals surface area contributed by atoms with Gasteiger partial charge in [-0.1, -0.05) is 38.5 Å². The fourth-order valence-electron chi connectivity index (χ4n) is 4.63. The third-order valence-electron chi connectivity index (χ3n) is 7.03. The standard InChI is InChI=1S/C37H34O10/c1-3-25-21-29(36(41)46-31-17-15-30(16-18-31)44-20-8-6-5-7-9-34(39)43-4-2)13-19-33(25)47-37(42)28-11-10-27-23-32(45-35(40)24-38)14-12-26(27)22-28/h4,10-19,21-24H,2-3,5-9,20H2,1H3. The lowest BCUT2D eigenvalue weighted by Crippen LogP contribution is -2.12. The largest absolute Gasteiger partial charge is 0.494 e. The molecule has 0 radical (unpaired) electrons. The molecule has 10 heteroatoms. The predicted molar refractivity (Wildman–Crippen MR) is 173 cm³/mol. The number of esters is 4. The minimum atomic E-state index is -1.00. The van der Waals surface area contributed by atoms with E-state index in [1.807, 2.05) is 6.92 Å². The lowest BCUT2D eigenvalue weighted by Gasteiger charge is -2.12. The molecule has 0 aliphatic rings. The number of carbonyl (C=O) groups excluding carboxylic acids is 5. The first-order valence-electron chi connectivity index (χ1n) is 15.1. The van der Waals surface area contributed by atoms with Gasteiger partial charge in [0.25, 0.3) is 0 Å². The summed E-state index contributed by atoms with van der Waals surface area (Å²) in [7, 11) is 0. The third-order valence-corrected chi connectivity index (χ3v) is 7.03. The molecule has 0 saturated heterocycles. The van der Waals surface area contributed by atoms with Crippen LogP contribution < -0.4 is 18.9 Å². The monoisotopic (exact) mass is 638 g/mol. The minimum absolute atomic E-state index is 0.0844. The number of rotatable bonds is 16. The average molecular weight is 639 g/mol. The fraction of sp³-hybridized carbons (Fsp3) is 0.216. The molecule has 0 aromatic heterocycles. The van der Waals surface area contributed by atoms with E-state index in [0.29, 0.717) is 64.2 Å². The van der Waals surface area contributed by atoms with Gasteiger partial charge >= 0.3 is 23.9 Å². The molecule has 0 fully saturated rings. The summed E-state index contributed by atoms with van der Waals surface area (Å²) in [6, 6.07) is 21.2. The number of hydrogen-bond donors (Lipinski definition) is 0. The van der Waals surface area contributed by atoms with Crippen molar-refractivity contribution in [3.8, 4) is 23.0 Å². The number of ether oxygens (including phenoxy) is 5. The SMILES string of the molecule is C=COC(=O)CCCCCCOc1ccc(OC(=O)c2ccc(OC(=O)c3ccc4cc(OC(=O)C=O)ccc4c3)c(CC)c2)cc1. The van der Waals surface area contributed by atoms with Crippen LogP contribution in [-0.4, -0.2) is 36.8 Å². The molecule has 0 atom stereocenters. The van der Waals surface area contributed by atoms with Gasteiger partial charge in [-0.3, -0.25) is 9.59 Å². The van der Waals surface area contributed by atoms with E-state index in [9.17, 15) is 24.0 Å². The van der Waals surface area contributed by atoms with E-state index in [-0.39, 0.29) is 18.0 Å². The van der Waals surface area contributed by atoms with Crippen molar-refractivity contribution in [2.45, 2.75) is 45.4 Å². The summed E-state index contributed by atoms with van der Waals surface area (Å²) in [6.45, 7) is 5.76. The summed E-state index contributed by atoms with van der Waals surface area (Å²) < 4.78 is 26.6. The van der Waals surface area contributed by atoms with Crippen LogP contribution in [0.1, 0.15) is 65.3 Å². The maximum Gasteiger partial charge on any atom is 0.376 e. The van der Waals surface area contributed by atoms with Crippen molar-refractivity contribution in [1.29, 1.82) is 0 Å². The number of carbonyl (C=O) groups is 5. The molecule has 0 spiro atoms. The maximum absolute atomic E-state index is 13.0. The summed E-state index contributed by atoms with van der Waals surface area (Å²) in [6.07, 6.45) is 5.50. The molecule has 0 aliphatic heterocycles. The first-order chi connectivity index (χ1) is 22.8. The van der Waals surface area contributed by atoms with Gasteiger partial charge in [0.15, 0.2) is 0 Å². The Morgan fingerprint density at radius 3 is 2.06 bits per heavy atom. The van der Waals surface area contributed by atoms with Crippen LogP contribution in [0.3, 0.4) is 0 Å². The zero-order valence-corrected chi connectivity index (χ0v) is 25.9. The predicted octanol–water partition coefficient (Wildman–Crippen LogP) is 6.96. The Bertz CT molecular complexity index is 1760. The van der Waals surface area contributed by atoms with Crippen molar-refractivity contribution >= 4 is 40.9 Å². The van der Waals surface area contributed by atoms with E-state index in [2.05, 4.69) is 11.3 Å². The van der Waals surface area contributed by atoms with E-state index in [0.717, 1.165) is 31.9 Å². The van der Waals surface area contributed by atoms with Crippen molar-refractivity contribution in [1.82, 2.24) is 0 Å². The van der Waals surface area contributed by atoms with Crippen LogP contribution in [0.4, 0.5) is 0 Å². The number of fused-ring (bicyclic) bond motifs is 1. The Balaban J connectivity index is 1.28. The lowest BCUT2D eigenvalue weighted by atomic mass is 10.1. The quantitative estimate of drug-likeness (QED) is 0.0317. The fourth-order valence-corrected chi connectivity index (χ4v) is 4.63. The van der Waals surface area contributed by atoms with Crippen molar-refractivity contribution in [2.24, 2.45) is 0 Å².